The van der Waals surface area contributed by atoms with Gasteiger partial charge in [0.25, 0.3) is 0 Å². The number of pyridine rings is 1. The zero-order valence-electron chi connectivity index (χ0n) is 13.4. The van der Waals surface area contributed by atoms with Crippen molar-refractivity contribution in [2.24, 2.45) is 0 Å². The third kappa shape index (κ3) is 4.88. The van der Waals surface area contributed by atoms with Crippen LogP contribution < -0.4 is 10.6 Å². The predicted molar refractivity (Wildman–Crippen MR) is 89.7 cm³/mol. The van der Waals surface area contributed by atoms with Crippen molar-refractivity contribution >= 4 is 11.6 Å². The van der Waals surface area contributed by atoms with Gasteiger partial charge < -0.3 is 10.6 Å². The normalized spacial score (nSPS) is 11.0. The highest BCUT2D eigenvalue weighted by atomic mass is 16.1. The van der Waals surface area contributed by atoms with Crippen molar-refractivity contribution < 1.29 is 4.79 Å². The van der Waals surface area contributed by atoms with E-state index in [9.17, 15) is 4.79 Å². The number of carbonyl (C=O) groups excluding carboxylic acids is 1. The molecule has 0 aliphatic heterocycles. The average molecular weight is 297 g/mol. The monoisotopic (exact) mass is 297 g/mol. The van der Waals surface area contributed by atoms with Gasteiger partial charge in [-0.15, -0.1) is 0 Å². The molecule has 4 nitrogen and oxygen atoms in total. The average Bonchev–Trinajstić information content (AvgIpc) is 2.51. The molecular formula is C18H23N3O. The highest BCUT2D eigenvalue weighted by molar-refractivity contribution is 5.80. The van der Waals surface area contributed by atoms with Crippen LogP contribution in [0.5, 0.6) is 0 Å². The smallest absolute Gasteiger partial charge is 0.239 e. The van der Waals surface area contributed by atoms with Crippen LogP contribution in [0.15, 0.2) is 48.8 Å². The molecule has 0 aliphatic rings. The van der Waals surface area contributed by atoms with Crippen LogP contribution in [0.3, 0.4) is 0 Å². The molecule has 0 saturated carbocycles. The highest BCUT2D eigenvalue weighted by Crippen LogP contribution is 2.23. The zero-order valence-corrected chi connectivity index (χ0v) is 13.4. The van der Waals surface area contributed by atoms with Crippen LogP contribution >= 0.6 is 0 Å². The maximum atomic E-state index is 11.8. The summed E-state index contributed by atoms with van der Waals surface area (Å²) in [7, 11) is 0. The third-order valence-corrected chi connectivity index (χ3v) is 3.44. The van der Waals surface area contributed by atoms with Crippen molar-refractivity contribution in [2.75, 3.05) is 11.9 Å². The molecule has 0 unspecified atom stereocenters. The summed E-state index contributed by atoms with van der Waals surface area (Å²) < 4.78 is 0. The van der Waals surface area contributed by atoms with Crippen LogP contribution in [-0.2, 0) is 16.8 Å². The largest absolute Gasteiger partial charge is 0.376 e. The van der Waals surface area contributed by atoms with E-state index in [0.717, 1.165) is 11.3 Å². The van der Waals surface area contributed by atoms with E-state index in [1.54, 1.807) is 12.4 Å². The summed E-state index contributed by atoms with van der Waals surface area (Å²) in [6.07, 6.45) is 3.44. The minimum absolute atomic E-state index is 0.0308. The van der Waals surface area contributed by atoms with Crippen LogP contribution in [0.2, 0.25) is 0 Å². The Morgan fingerprint density at radius 2 is 1.68 bits per heavy atom. The molecule has 22 heavy (non-hydrogen) atoms. The molecule has 0 atom stereocenters. The van der Waals surface area contributed by atoms with Crippen molar-refractivity contribution in [3.05, 3.63) is 59.9 Å². The first-order chi connectivity index (χ1) is 10.4. The second-order valence-corrected chi connectivity index (χ2v) is 6.31. The number of hydrogen-bond donors (Lipinski definition) is 2. The molecule has 0 spiro atoms. The Hall–Kier alpha value is -2.36. The molecule has 4 heteroatoms. The van der Waals surface area contributed by atoms with E-state index in [0.29, 0.717) is 6.54 Å². The first-order valence-corrected chi connectivity index (χ1v) is 7.45. The third-order valence-electron chi connectivity index (χ3n) is 3.44. The van der Waals surface area contributed by atoms with Gasteiger partial charge >= 0.3 is 0 Å². The Labute approximate surface area is 132 Å². The first-order valence-electron chi connectivity index (χ1n) is 7.45. The molecule has 0 radical (unpaired) electrons. The molecule has 2 aromatic rings. The molecule has 0 fully saturated rings. The topological polar surface area (TPSA) is 54.0 Å². The van der Waals surface area contributed by atoms with Gasteiger partial charge in [-0.1, -0.05) is 32.9 Å². The van der Waals surface area contributed by atoms with Crippen molar-refractivity contribution in [2.45, 2.75) is 32.7 Å². The predicted octanol–water partition coefficient (Wildman–Crippen LogP) is 3.11. The summed E-state index contributed by atoms with van der Waals surface area (Å²) >= 11 is 0. The van der Waals surface area contributed by atoms with Crippen molar-refractivity contribution in [3.63, 3.8) is 0 Å². The van der Waals surface area contributed by atoms with Gasteiger partial charge in [-0.3, -0.25) is 9.78 Å². The van der Waals surface area contributed by atoms with Gasteiger partial charge in [0.05, 0.1) is 6.54 Å². The fourth-order valence-corrected chi connectivity index (χ4v) is 2.03. The number of anilines is 1. The number of rotatable bonds is 5. The van der Waals surface area contributed by atoms with E-state index in [4.69, 9.17) is 0 Å². The fourth-order valence-electron chi connectivity index (χ4n) is 2.03. The van der Waals surface area contributed by atoms with Crippen molar-refractivity contribution in [3.8, 4) is 0 Å². The van der Waals surface area contributed by atoms with Gasteiger partial charge in [0.2, 0.25) is 5.91 Å². The van der Waals surface area contributed by atoms with Crippen LogP contribution in [0, 0.1) is 0 Å². The quantitative estimate of drug-likeness (QED) is 0.891. The lowest BCUT2D eigenvalue weighted by Gasteiger charge is -2.19. The van der Waals surface area contributed by atoms with E-state index in [-0.39, 0.29) is 17.9 Å². The van der Waals surface area contributed by atoms with Crippen LogP contribution in [-0.4, -0.2) is 17.4 Å². The number of nitrogens with zero attached hydrogens (tertiary/aromatic N) is 1. The summed E-state index contributed by atoms with van der Waals surface area (Å²) in [6.45, 7) is 7.33. The molecule has 2 rings (SSSR count). The van der Waals surface area contributed by atoms with E-state index >= 15 is 0 Å². The van der Waals surface area contributed by atoms with Gasteiger partial charge in [-0.25, -0.2) is 0 Å². The maximum absolute atomic E-state index is 11.8. The lowest BCUT2D eigenvalue weighted by molar-refractivity contribution is -0.119. The molecule has 1 heterocycles. The number of nitrogens with one attached hydrogen (secondary N) is 2. The minimum atomic E-state index is -0.0308. The summed E-state index contributed by atoms with van der Waals surface area (Å²) in [5, 5.41) is 6.01. The number of hydrogen-bond acceptors (Lipinski definition) is 3. The van der Waals surface area contributed by atoms with Crippen LogP contribution in [0.4, 0.5) is 5.69 Å². The summed E-state index contributed by atoms with van der Waals surface area (Å²) in [6, 6.07) is 12.0. The van der Waals surface area contributed by atoms with Gasteiger partial charge in [-0.05, 0) is 40.8 Å². The second kappa shape index (κ2) is 7.07. The second-order valence-electron chi connectivity index (χ2n) is 6.31. The zero-order chi connectivity index (χ0) is 16.0. The highest BCUT2D eigenvalue weighted by Gasteiger charge is 2.12. The summed E-state index contributed by atoms with van der Waals surface area (Å²) in [5.41, 5.74) is 3.41. The molecular weight excluding hydrogens is 274 g/mol. The molecule has 1 amide bonds. The summed E-state index contributed by atoms with van der Waals surface area (Å²) in [5.74, 6) is -0.0308. The number of aromatic nitrogens is 1. The Bertz CT molecular complexity index is 600. The van der Waals surface area contributed by atoms with Gasteiger partial charge in [0.15, 0.2) is 0 Å². The van der Waals surface area contributed by atoms with E-state index in [1.807, 2.05) is 24.3 Å². The molecule has 0 bridgehead atoms. The Morgan fingerprint density at radius 1 is 1.05 bits per heavy atom. The molecule has 0 aliphatic carbocycles. The van der Waals surface area contributed by atoms with Crippen molar-refractivity contribution in [1.29, 1.82) is 0 Å². The lowest BCUT2D eigenvalue weighted by atomic mass is 9.87. The van der Waals surface area contributed by atoms with Gasteiger partial charge in [0.1, 0.15) is 0 Å². The molecule has 1 aromatic carbocycles. The Balaban J connectivity index is 1.79. The number of amides is 1. The first kappa shape index (κ1) is 16.0. The van der Waals surface area contributed by atoms with E-state index in [1.165, 1.54) is 5.56 Å². The molecule has 1 aromatic heterocycles. The number of benzene rings is 1. The standard InChI is InChI=1S/C18H23N3O/c1-18(2,3)15-4-6-16(7-5-15)20-13-17(22)21-12-14-8-10-19-11-9-14/h4-11,20H,12-13H2,1-3H3,(H,21,22). The van der Waals surface area contributed by atoms with E-state index in [2.05, 4.69) is 48.5 Å². The fraction of sp³-hybridized carbons (Fsp3) is 0.333. The van der Waals surface area contributed by atoms with E-state index < -0.39 is 0 Å². The minimum Gasteiger partial charge on any atom is -0.376 e. The maximum Gasteiger partial charge on any atom is 0.239 e. The Morgan fingerprint density at radius 3 is 2.27 bits per heavy atom. The molecule has 0 saturated heterocycles. The van der Waals surface area contributed by atoms with Gasteiger partial charge in [-0.2, -0.15) is 0 Å². The Kier molecular flexibility index (Phi) is 5.15. The summed E-state index contributed by atoms with van der Waals surface area (Å²) in [4.78, 5) is 15.8. The SMILES string of the molecule is CC(C)(C)c1ccc(NCC(=O)NCc2ccncc2)cc1. The van der Waals surface area contributed by atoms with Crippen LogP contribution in [0.25, 0.3) is 0 Å². The van der Waals surface area contributed by atoms with Crippen molar-refractivity contribution in [1.82, 2.24) is 10.3 Å². The molecule has 116 valence electrons. The van der Waals surface area contributed by atoms with Crippen LogP contribution in [0.1, 0.15) is 31.9 Å². The molecule has 2 N–H and O–H groups in total. The van der Waals surface area contributed by atoms with Gasteiger partial charge in [0, 0.05) is 24.6 Å². The number of carbonyl (C=O) groups is 1. The lowest BCUT2D eigenvalue weighted by Crippen LogP contribution is -2.29.